The minimum absolute atomic E-state index is 0.295. The van der Waals surface area contributed by atoms with Crippen LogP contribution in [-0.4, -0.2) is 31.3 Å². The molecule has 0 saturated heterocycles. The number of nitrogens with one attached hydrogen (secondary N) is 1. The van der Waals surface area contributed by atoms with Crippen LogP contribution >= 0.6 is 0 Å². The summed E-state index contributed by atoms with van der Waals surface area (Å²) in [6.45, 7) is 5.66. The molecule has 0 aliphatic heterocycles. The topological polar surface area (TPSA) is 64.6 Å². The molecule has 15 heavy (non-hydrogen) atoms. The number of hydrogen-bond donors (Lipinski definition) is 1. The number of rotatable bonds is 5. The lowest BCUT2D eigenvalue weighted by atomic mass is 9.93. The minimum atomic E-state index is -0.969. The van der Waals surface area contributed by atoms with Crippen LogP contribution in [0.1, 0.15) is 33.6 Å². The zero-order valence-electron chi connectivity index (χ0n) is 9.75. The average Bonchev–Trinajstić information content (AvgIpc) is 2.26. The third-order valence-corrected chi connectivity index (χ3v) is 2.40. The lowest BCUT2D eigenvalue weighted by Crippen LogP contribution is -2.54. The standard InChI is InChI=1S/C10H19NO4/c1-5-10(6-2,8(12)15-7-3)11-9(13)14-4/h5-7H2,1-4H3,(H,11,13). The van der Waals surface area contributed by atoms with Gasteiger partial charge in [0.05, 0.1) is 13.7 Å². The zero-order valence-corrected chi connectivity index (χ0v) is 9.75. The first-order valence-electron chi connectivity index (χ1n) is 5.09. The molecule has 0 radical (unpaired) electrons. The van der Waals surface area contributed by atoms with Crippen LogP contribution in [0.2, 0.25) is 0 Å². The Morgan fingerprint density at radius 2 is 1.73 bits per heavy atom. The van der Waals surface area contributed by atoms with Crippen LogP contribution in [0.25, 0.3) is 0 Å². The molecule has 0 saturated carbocycles. The Kier molecular flexibility index (Phi) is 5.74. The Morgan fingerprint density at radius 3 is 2.07 bits per heavy atom. The summed E-state index contributed by atoms with van der Waals surface area (Å²) in [5.74, 6) is -0.416. The second kappa shape index (κ2) is 6.27. The van der Waals surface area contributed by atoms with Crippen LogP contribution in [0.3, 0.4) is 0 Å². The Hall–Kier alpha value is -1.26. The number of methoxy groups -OCH3 is 1. The van der Waals surface area contributed by atoms with Crippen LogP contribution in [-0.2, 0) is 14.3 Å². The van der Waals surface area contributed by atoms with Gasteiger partial charge >= 0.3 is 12.1 Å². The maximum absolute atomic E-state index is 11.7. The largest absolute Gasteiger partial charge is 0.464 e. The fraction of sp³-hybridized carbons (Fsp3) is 0.800. The van der Waals surface area contributed by atoms with E-state index in [9.17, 15) is 9.59 Å². The van der Waals surface area contributed by atoms with Crippen molar-refractivity contribution in [1.29, 1.82) is 0 Å². The van der Waals surface area contributed by atoms with Gasteiger partial charge in [-0.05, 0) is 19.8 Å². The van der Waals surface area contributed by atoms with Crippen molar-refractivity contribution in [3.05, 3.63) is 0 Å². The smallest absolute Gasteiger partial charge is 0.407 e. The Morgan fingerprint density at radius 1 is 1.20 bits per heavy atom. The first-order chi connectivity index (χ1) is 7.06. The highest BCUT2D eigenvalue weighted by Crippen LogP contribution is 2.17. The summed E-state index contributed by atoms with van der Waals surface area (Å²) >= 11 is 0. The molecule has 1 N–H and O–H groups in total. The normalized spacial score (nSPS) is 10.7. The van der Waals surface area contributed by atoms with Gasteiger partial charge in [0.15, 0.2) is 0 Å². The highest BCUT2D eigenvalue weighted by Gasteiger charge is 2.38. The second-order valence-electron chi connectivity index (χ2n) is 3.13. The first-order valence-corrected chi connectivity index (χ1v) is 5.09. The molecule has 1 amide bonds. The molecule has 88 valence electrons. The molecule has 0 aromatic heterocycles. The van der Waals surface area contributed by atoms with E-state index >= 15 is 0 Å². The van der Waals surface area contributed by atoms with Crippen LogP contribution < -0.4 is 5.32 Å². The summed E-state index contributed by atoms with van der Waals surface area (Å²) in [7, 11) is 1.26. The number of alkyl carbamates (subject to hydrolysis) is 1. The predicted molar refractivity (Wildman–Crippen MR) is 55.5 cm³/mol. The highest BCUT2D eigenvalue weighted by molar-refractivity contribution is 5.85. The number of carbonyl (C=O) groups excluding carboxylic acids is 2. The van der Waals surface area contributed by atoms with E-state index in [4.69, 9.17) is 4.74 Å². The van der Waals surface area contributed by atoms with Gasteiger partial charge in [-0.1, -0.05) is 13.8 Å². The summed E-state index contributed by atoms with van der Waals surface area (Å²) in [6.07, 6.45) is 0.321. The quantitative estimate of drug-likeness (QED) is 0.708. The third kappa shape index (κ3) is 3.42. The molecule has 5 nitrogen and oxygen atoms in total. The van der Waals surface area contributed by atoms with E-state index in [1.807, 2.05) is 13.8 Å². The van der Waals surface area contributed by atoms with Crippen molar-refractivity contribution in [2.45, 2.75) is 39.2 Å². The summed E-state index contributed by atoms with van der Waals surface area (Å²) in [5.41, 5.74) is -0.969. The fourth-order valence-corrected chi connectivity index (χ4v) is 1.28. The van der Waals surface area contributed by atoms with Gasteiger partial charge in [0.2, 0.25) is 0 Å². The molecular formula is C10H19NO4. The SMILES string of the molecule is CCOC(=O)C(CC)(CC)NC(=O)OC. The van der Waals surface area contributed by atoms with E-state index in [0.29, 0.717) is 19.4 Å². The third-order valence-electron chi connectivity index (χ3n) is 2.40. The summed E-state index contributed by atoms with van der Waals surface area (Å²) < 4.78 is 9.41. The lowest BCUT2D eigenvalue weighted by molar-refractivity contribution is -0.151. The number of amides is 1. The maximum atomic E-state index is 11.7. The fourth-order valence-electron chi connectivity index (χ4n) is 1.28. The van der Waals surface area contributed by atoms with Crippen molar-refractivity contribution in [1.82, 2.24) is 5.32 Å². The number of hydrogen-bond acceptors (Lipinski definition) is 4. The second-order valence-corrected chi connectivity index (χ2v) is 3.13. The minimum Gasteiger partial charge on any atom is -0.464 e. The van der Waals surface area contributed by atoms with E-state index in [1.165, 1.54) is 7.11 Å². The van der Waals surface area contributed by atoms with Gasteiger partial charge < -0.3 is 14.8 Å². The molecule has 5 heteroatoms. The molecule has 0 aromatic rings. The summed E-state index contributed by atoms with van der Waals surface area (Å²) in [6, 6.07) is 0. The van der Waals surface area contributed by atoms with Gasteiger partial charge in [-0.25, -0.2) is 9.59 Å². The van der Waals surface area contributed by atoms with Gasteiger partial charge in [-0.15, -0.1) is 0 Å². The van der Waals surface area contributed by atoms with E-state index < -0.39 is 17.6 Å². The van der Waals surface area contributed by atoms with Crippen LogP contribution in [0.15, 0.2) is 0 Å². The molecule has 0 fully saturated rings. The van der Waals surface area contributed by atoms with Crippen molar-refractivity contribution >= 4 is 12.1 Å². The lowest BCUT2D eigenvalue weighted by Gasteiger charge is -2.29. The molecule has 0 bridgehead atoms. The molecule has 0 aromatic carbocycles. The number of ether oxygens (including phenoxy) is 2. The van der Waals surface area contributed by atoms with Gasteiger partial charge in [0, 0.05) is 0 Å². The van der Waals surface area contributed by atoms with Crippen molar-refractivity contribution < 1.29 is 19.1 Å². The molecule has 0 heterocycles. The van der Waals surface area contributed by atoms with Gasteiger partial charge in [0.25, 0.3) is 0 Å². The number of esters is 1. The van der Waals surface area contributed by atoms with Gasteiger partial charge in [-0.3, -0.25) is 0 Å². The number of carbonyl (C=O) groups is 2. The summed E-state index contributed by atoms with van der Waals surface area (Å²) in [5, 5.41) is 2.53. The zero-order chi connectivity index (χ0) is 11.9. The van der Waals surface area contributed by atoms with Crippen molar-refractivity contribution in [3.8, 4) is 0 Å². The van der Waals surface area contributed by atoms with Crippen LogP contribution in [0.4, 0.5) is 4.79 Å². The Labute approximate surface area is 90.1 Å². The predicted octanol–water partition coefficient (Wildman–Crippen LogP) is 1.46. The van der Waals surface area contributed by atoms with Crippen molar-refractivity contribution in [3.63, 3.8) is 0 Å². The maximum Gasteiger partial charge on any atom is 0.407 e. The molecule has 0 atom stereocenters. The van der Waals surface area contributed by atoms with Crippen LogP contribution in [0, 0.1) is 0 Å². The van der Waals surface area contributed by atoms with Crippen molar-refractivity contribution in [2.24, 2.45) is 0 Å². The highest BCUT2D eigenvalue weighted by atomic mass is 16.5. The van der Waals surface area contributed by atoms with E-state index in [1.54, 1.807) is 6.92 Å². The summed E-state index contributed by atoms with van der Waals surface area (Å²) in [4.78, 5) is 22.8. The van der Waals surface area contributed by atoms with Crippen molar-refractivity contribution in [2.75, 3.05) is 13.7 Å². The van der Waals surface area contributed by atoms with Crippen LogP contribution in [0.5, 0.6) is 0 Å². The Balaban J connectivity index is 4.70. The Bertz CT molecular complexity index is 223. The van der Waals surface area contributed by atoms with E-state index in [-0.39, 0.29) is 0 Å². The molecular weight excluding hydrogens is 198 g/mol. The molecule has 0 rings (SSSR count). The molecule has 0 aliphatic rings. The first kappa shape index (κ1) is 13.7. The van der Waals surface area contributed by atoms with E-state index in [0.717, 1.165) is 0 Å². The molecule has 0 spiro atoms. The van der Waals surface area contributed by atoms with Gasteiger partial charge in [0.1, 0.15) is 5.54 Å². The van der Waals surface area contributed by atoms with Gasteiger partial charge in [-0.2, -0.15) is 0 Å². The van der Waals surface area contributed by atoms with E-state index in [2.05, 4.69) is 10.1 Å². The molecule has 0 unspecified atom stereocenters. The molecule has 0 aliphatic carbocycles. The average molecular weight is 217 g/mol. The monoisotopic (exact) mass is 217 g/mol.